The molecule has 6 heteroatoms. The molecule has 0 radical (unpaired) electrons. The lowest BCUT2D eigenvalue weighted by Crippen LogP contribution is -1.96. The number of phenols is 1. The van der Waals surface area contributed by atoms with Crippen LogP contribution in [-0.4, -0.2) is 36.1 Å². The lowest BCUT2D eigenvalue weighted by Gasteiger charge is -2.02. The third kappa shape index (κ3) is 2.60. The average Bonchev–Trinajstić information content (AvgIpc) is 2.84. The molecular weight excluding hydrogens is 236 g/mol. The van der Waals surface area contributed by atoms with Gasteiger partial charge in [-0.15, -0.1) is 0 Å². The van der Waals surface area contributed by atoms with Crippen LogP contribution in [0.3, 0.4) is 0 Å². The zero-order chi connectivity index (χ0) is 13.0. The van der Waals surface area contributed by atoms with Gasteiger partial charge in [-0.05, 0) is 12.1 Å². The summed E-state index contributed by atoms with van der Waals surface area (Å²) in [5.74, 6) is 1.43. The summed E-state index contributed by atoms with van der Waals surface area (Å²) >= 11 is 0. The third-order valence-corrected chi connectivity index (χ3v) is 2.43. The molecule has 0 aliphatic carbocycles. The van der Waals surface area contributed by atoms with Gasteiger partial charge in [0.25, 0.3) is 5.89 Å². The van der Waals surface area contributed by atoms with E-state index in [4.69, 9.17) is 14.0 Å². The van der Waals surface area contributed by atoms with Crippen molar-refractivity contribution in [2.24, 2.45) is 0 Å². The summed E-state index contributed by atoms with van der Waals surface area (Å²) in [7, 11) is 3.14. The molecule has 18 heavy (non-hydrogen) atoms. The van der Waals surface area contributed by atoms with Gasteiger partial charge < -0.3 is 19.1 Å². The molecular formula is C12H14N2O4. The van der Waals surface area contributed by atoms with Gasteiger partial charge in [-0.2, -0.15) is 4.98 Å². The molecule has 0 spiro atoms. The quantitative estimate of drug-likeness (QED) is 0.869. The van der Waals surface area contributed by atoms with Gasteiger partial charge in [-0.25, -0.2) is 0 Å². The van der Waals surface area contributed by atoms with Crippen molar-refractivity contribution in [2.45, 2.75) is 6.42 Å². The van der Waals surface area contributed by atoms with E-state index < -0.39 is 0 Å². The summed E-state index contributed by atoms with van der Waals surface area (Å²) in [6, 6.07) is 4.88. The first kappa shape index (κ1) is 12.4. The average molecular weight is 250 g/mol. The Morgan fingerprint density at radius 3 is 2.83 bits per heavy atom. The Bertz CT molecular complexity index is 525. The summed E-state index contributed by atoms with van der Waals surface area (Å²) < 4.78 is 15.0. The predicted molar refractivity (Wildman–Crippen MR) is 63.5 cm³/mol. The molecule has 0 atom stereocenters. The van der Waals surface area contributed by atoms with E-state index in [9.17, 15) is 5.11 Å². The van der Waals surface area contributed by atoms with Crippen molar-refractivity contribution >= 4 is 0 Å². The largest absolute Gasteiger partial charge is 0.507 e. The Kier molecular flexibility index (Phi) is 3.78. The van der Waals surface area contributed by atoms with E-state index in [1.165, 1.54) is 13.2 Å². The first-order chi connectivity index (χ1) is 8.74. The monoisotopic (exact) mass is 250 g/mol. The summed E-state index contributed by atoms with van der Waals surface area (Å²) in [5.41, 5.74) is 0.479. The fourth-order valence-corrected chi connectivity index (χ4v) is 1.48. The minimum atomic E-state index is 0.0382. The Hall–Kier alpha value is -2.08. The molecule has 1 aromatic carbocycles. The van der Waals surface area contributed by atoms with Crippen LogP contribution < -0.4 is 4.74 Å². The molecule has 0 fully saturated rings. The van der Waals surface area contributed by atoms with Crippen LogP contribution in [-0.2, 0) is 11.2 Å². The van der Waals surface area contributed by atoms with Gasteiger partial charge in [0.05, 0.1) is 19.3 Å². The number of hydrogen-bond acceptors (Lipinski definition) is 6. The van der Waals surface area contributed by atoms with Crippen molar-refractivity contribution < 1.29 is 19.1 Å². The maximum atomic E-state index is 9.83. The third-order valence-electron chi connectivity index (χ3n) is 2.43. The number of nitrogens with zero attached hydrogens (tertiary/aromatic N) is 2. The zero-order valence-corrected chi connectivity index (χ0v) is 10.2. The van der Waals surface area contributed by atoms with Gasteiger partial charge in [0.2, 0.25) is 0 Å². The minimum Gasteiger partial charge on any atom is -0.507 e. The number of aromatic nitrogens is 2. The molecule has 6 nitrogen and oxygen atoms in total. The van der Waals surface area contributed by atoms with Crippen molar-refractivity contribution in [1.82, 2.24) is 10.1 Å². The fraction of sp³-hybridized carbons (Fsp3) is 0.333. The molecule has 2 rings (SSSR count). The number of aromatic hydroxyl groups is 1. The van der Waals surface area contributed by atoms with Crippen LogP contribution >= 0.6 is 0 Å². The molecule has 96 valence electrons. The highest BCUT2D eigenvalue weighted by molar-refractivity contribution is 5.63. The maximum absolute atomic E-state index is 9.83. The number of hydrogen-bond donors (Lipinski definition) is 1. The minimum absolute atomic E-state index is 0.0382. The molecule has 0 saturated heterocycles. The number of ether oxygens (including phenoxy) is 2. The van der Waals surface area contributed by atoms with Crippen molar-refractivity contribution in [2.75, 3.05) is 20.8 Å². The van der Waals surface area contributed by atoms with Crippen LogP contribution in [0.2, 0.25) is 0 Å². The lowest BCUT2D eigenvalue weighted by molar-refractivity contribution is 0.199. The van der Waals surface area contributed by atoms with E-state index in [1.807, 2.05) is 0 Å². The summed E-state index contributed by atoms with van der Waals surface area (Å²) in [5, 5.41) is 13.6. The van der Waals surface area contributed by atoms with E-state index in [0.717, 1.165) is 0 Å². The summed E-state index contributed by atoms with van der Waals surface area (Å²) in [6.45, 7) is 0.521. The van der Waals surface area contributed by atoms with E-state index in [0.29, 0.717) is 30.2 Å². The van der Waals surface area contributed by atoms with Gasteiger partial charge in [-0.1, -0.05) is 5.16 Å². The Balaban J connectivity index is 2.23. The van der Waals surface area contributed by atoms with Crippen molar-refractivity contribution in [1.29, 1.82) is 0 Å². The van der Waals surface area contributed by atoms with Crippen LogP contribution in [0.25, 0.3) is 11.5 Å². The second-order valence-electron chi connectivity index (χ2n) is 3.64. The summed E-state index contributed by atoms with van der Waals surface area (Å²) in [6.07, 6.45) is 0.566. The second-order valence-corrected chi connectivity index (χ2v) is 3.64. The highest BCUT2D eigenvalue weighted by Crippen LogP contribution is 2.31. The van der Waals surface area contributed by atoms with Crippen molar-refractivity contribution in [3.05, 3.63) is 24.0 Å². The number of benzene rings is 1. The van der Waals surface area contributed by atoms with Gasteiger partial charge in [0.1, 0.15) is 11.5 Å². The smallest absolute Gasteiger partial charge is 0.261 e. The van der Waals surface area contributed by atoms with E-state index in [1.54, 1.807) is 19.2 Å². The molecule has 0 bridgehead atoms. The topological polar surface area (TPSA) is 77.6 Å². The highest BCUT2D eigenvalue weighted by Gasteiger charge is 2.13. The Labute approximate surface area is 104 Å². The number of rotatable bonds is 5. The predicted octanol–water partition coefficient (Wildman–Crippen LogP) is 1.64. The molecule has 1 aromatic heterocycles. The van der Waals surface area contributed by atoms with Crippen LogP contribution in [0.15, 0.2) is 22.7 Å². The molecule has 2 aromatic rings. The van der Waals surface area contributed by atoms with Gasteiger partial charge in [0.15, 0.2) is 5.82 Å². The molecule has 0 unspecified atom stereocenters. The van der Waals surface area contributed by atoms with E-state index in [2.05, 4.69) is 10.1 Å². The second kappa shape index (κ2) is 5.50. The van der Waals surface area contributed by atoms with Crippen molar-refractivity contribution in [3.8, 4) is 23.0 Å². The van der Waals surface area contributed by atoms with Gasteiger partial charge in [-0.3, -0.25) is 0 Å². The Morgan fingerprint density at radius 2 is 2.17 bits per heavy atom. The van der Waals surface area contributed by atoms with Crippen LogP contribution in [0.1, 0.15) is 5.82 Å². The molecule has 1 heterocycles. The highest BCUT2D eigenvalue weighted by atomic mass is 16.5. The normalized spacial score (nSPS) is 10.6. The molecule has 0 aliphatic rings. The van der Waals surface area contributed by atoms with Gasteiger partial charge >= 0.3 is 0 Å². The van der Waals surface area contributed by atoms with Crippen LogP contribution in [0.5, 0.6) is 11.5 Å². The number of phenolic OH excluding ortho intramolecular Hbond substituents is 1. The summed E-state index contributed by atoms with van der Waals surface area (Å²) in [4.78, 5) is 4.18. The molecule has 0 aliphatic heterocycles. The standard InChI is InChI=1S/C12H14N2O4/c1-16-6-5-11-13-12(18-14-11)9-4-3-8(17-2)7-10(9)15/h3-4,7,15H,5-6H2,1-2H3. The van der Waals surface area contributed by atoms with Crippen LogP contribution in [0.4, 0.5) is 0 Å². The van der Waals surface area contributed by atoms with Crippen molar-refractivity contribution in [3.63, 3.8) is 0 Å². The maximum Gasteiger partial charge on any atom is 0.261 e. The molecule has 0 saturated carbocycles. The van der Waals surface area contributed by atoms with E-state index in [-0.39, 0.29) is 11.6 Å². The zero-order valence-electron chi connectivity index (χ0n) is 10.2. The fourth-order valence-electron chi connectivity index (χ4n) is 1.48. The van der Waals surface area contributed by atoms with Crippen LogP contribution in [0, 0.1) is 0 Å². The first-order valence-electron chi connectivity index (χ1n) is 5.43. The number of methoxy groups -OCH3 is 2. The SMILES string of the molecule is COCCc1noc(-c2ccc(OC)cc2O)n1. The molecule has 0 amide bonds. The Morgan fingerprint density at radius 1 is 1.33 bits per heavy atom. The lowest BCUT2D eigenvalue weighted by atomic mass is 10.2. The van der Waals surface area contributed by atoms with E-state index >= 15 is 0 Å². The first-order valence-corrected chi connectivity index (χ1v) is 5.43. The van der Waals surface area contributed by atoms with Gasteiger partial charge in [0, 0.05) is 19.6 Å². The molecule has 1 N–H and O–H groups in total.